The van der Waals surface area contributed by atoms with Crippen LogP contribution >= 0.6 is 0 Å². The monoisotopic (exact) mass is 265 g/mol. The van der Waals surface area contributed by atoms with Gasteiger partial charge in [-0.15, -0.1) is 0 Å². The van der Waals surface area contributed by atoms with Crippen molar-refractivity contribution in [3.05, 3.63) is 24.2 Å². The zero-order chi connectivity index (χ0) is 13.7. The predicted molar refractivity (Wildman–Crippen MR) is 76.8 cm³/mol. The third kappa shape index (κ3) is 4.36. The summed E-state index contributed by atoms with van der Waals surface area (Å²) in [5.74, 6) is 2.23. The molecule has 1 fully saturated rings. The van der Waals surface area contributed by atoms with Crippen molar-refractivity contribution in [2.75, 3.05) is 13.6 Å². The summed E-state index contributed by atoms with van der Waals surface area (Å²) in [5.41, 5.74) is 0. The molecule has 1 heterocycles. The van der Waals surface area contributed by atoms with Crippen LogP contribution in [0.2, 0.25) is 0 Å². The Morgan fingerprint density at radius 1 is 1.42 bits per heavy atom. The largest absolute Gasteiger partial charge is 0.468 e. The quantitative estimate of drug-likeness (QED) is 0.857. The van der Waals surface area contributed by atoms with Gasteiger partial charge in [-0.3, -0.25) is 4.90 Å². The normalized spacial score (nSPS) is 27.9. The molecule has 0 aromatic carbocycles. The first-order chi connectivity index (χ1) is 9.19. The summed E-state index contributed by atoms with van der Waals surface area (Å²) < 4.78 is 5.38. The van der Waals surface area contributed by atoms with Crippen LogP contribution in [0.5, 0.6) is 0 Å². The van der Waals surface area contributed by atoms with Crippen molar-refractivity contribution in [3.8, 4) is 0 Å². The van der Waals surface area contributed by atoms with Gasteiger partial charge in [-0.1, -0.05) is 19.8 Å². The molecule has 1 saturated carbocycles. The van der Waals surface area contributed by atoms with Gasteiger partial charge in [0.25, 0.3) is 0 Å². The average Bonchev–Trinajstić information content (AvgIpc) is 2.86. The second-order valence-corrected chi connectivity index (χ2v) is 6.07. The van der Waals surface area contributed by atoms with E-state index in [1.165, 1.54) is 25.7 Å². The highest BCUT2D eigenvalue weighted by molar-refractivity contribution is 4.97. The minimum Gasteiger partial charge on any atom is -0.468 e. The van der Waals surface area contributed by atoms with Crippen LogP contribution < -0.4 is 0 Å². The van der Waals surface area contributed by atoms with Gasteiger partial charge >= 0.3 is 0 Å². The molecular weight excluding hydrogens is 238 g/mol. The van der Waals surface area contributed by atoms with Crippen LogP contribution in [0.25, 0.3) is 0 Å². The molecule has 2 rings (SSSR count). The van der Waals surface area contributed by atoms with Crippen molar-refractivity contribution in [1.29, 1.82) is 0 Å². The standard InChI is InChI=1S/C16H27NO2/c1-3-5-13-7-8-16(18)14(10-13)11-17(2)12-15-6-4-9-19-15/h4,6,9,13-14,16,18H,3,5,7-8,10-12H2,1-2H3. The van der Waals surface area contributed by atoms with E-state index in [-0.39, 0.29) is 6.10 Å². The molecule has 3 nitrogen and oxygen atoms in total. The Kier molecular flexibility index (Phi) is 5.46. The molecule has 3 atom stereocenters. The summed E-state index contributed by atoms with van der Waals surface area (Å²) in [6.07, 6.45) is 7.53. The average molecular weight is 265 g/mol. The Hall–Kier alpha value is -0.800. The predicted octanol–water partition coefficient (Wildman–Crippen LogP) is 3.29. The lowest BCUT2D eigenvalue weighted by Gasteiger charge is -2.35. The number of nitrogens with zero attached hydrogens (tertiary/aromatic N) is 1. The molecule has 0 radical (unpaired) electrons. The molecule has 0 bridgehead atoms. The number of hydrogen-bond acceptors (Lipinski definition) is 3. The van der Waals surface area contributed by atoms with Gasteiger partial charge in [0.2, 0.25) is 0 Å². The van der Waals surface area contributed by atoms with Crippen LogP contribution in [-0.2, 0) is 6.54 Å². The lowest BCUT2D eigenvalue weighted by atomic mass is 9.77. The van der Waals surface area contributed by atoms with E-state index in [9.17, 15) is 5.11 Å². The molecule has 1 N–H and O–H groups in total. The molecule has 1 aromatic heterocycles. The first-order valence-corrected chi connectivity index (χ1v) is 7.58. The SMILES string of the molecule is CCCC1CCC(O)C(CN(C)Cc2ccco2)C1. The summed E-state index contributed by atoms with van der Waals surface area (Å²) in [5, 5.41) is 10.2. The van der Waals surface area contributed by atoms with Gasteiger partial charge < -0.3 is 9.52 Å². The molecule has 3 heteroatoms. The van der Waals surface area contributed by atoms with E-state index in [1.807, 2.05) is 12.1 Å². The fraction of sp³-hybridized carbons (Fsp3) is 0.750. The lowest BCUT2D eigenvalue weighted by Crippen LogP contribution is -2.37. The Morgan fingerprint density at radius 2 is 2.26 bits per heavy atom. The van der Waals surface area contributed by atoms with Crippen LogP contribution in [0.3, 0.4) is 0 Å². The van der Waals surface area contributed by atoms with E-state index in [2.05, 4.69) is 18.9 Å². The Balaban J connectivity index is 1.82. The van der Waals surface area contributed by atoms with E-state index in [1.54, 1.807) is 6.26 Å². The van der Waals surface area contributed by atoms with Crippen LogP contribution in [0.4, 0.5) is 0 Å². The van der Waals surface area contributed by atoms with Gasteiger partial charge in [0.15, 0.2) is 0 Å². The second kappa shape index (κ2) is 7.11. The highest BCUT2D eigenvalue weighted by Gasteiger charge is 2.29. The first kappa shape index (κ1) is 14.6. The van der Waals surface area contributed by atoms with E-state index in [0.717, 1.165) is 31.2 Å². The highest BCUT2D eigenvalue weighted by atomic mass is 16.3. The van der Waals surface area contributed by atoms with E-state index >= 15 is 0 Å². The van der Waals surface area contributed by atoms with Crippen LogP contribution in [0, 0.1) is 11.8 Å². The molecule has 1 aliphatic rings. The third-order valence-corrected chi connectivity index (χ3v) is 4.30. The molecule has 0 spiro atoms. The number of rotatable bonds is 6. The van der Waals surface area contributed by atoms with Gasteiger partial charge in [0, 0.05) is 6.54 Å². The van der Waals surface area contributed by atoms with E-state index in [4.69, 9.17) is 4.42 Å². The van der Waals surface area contributed by atoms with Gasteiger partial charge in [-0.05, 0) is 50.3 Å². The van der Waals surface area contributed by atoms with Crippen molar-refractivity contribution >= 4 is 0 Å². The Morgan fingerprint density at radius 3 is 2.95 bits per heavy atom. The van der Waals surface area contributed by atoms with Crippen molar-refractivity contribution in [2.45, 2.75) is 51.7 Å². The fourth-order valence-electron chi connectivity index (χ4n) is 3.35. The van der Waals surface area contributed by atoms with Crippen molar-refractivity contribution in [2.24, 2.45) is 11.8 Å². The topological polar surface area (TPSA) is 36.6 Å². The molecular formula is C16H27NO2. The van der Waals surface area contributed by atoms with E-state index < -0.39 is 0 Å². The Bertz CT molecular complexity index is 350. The second-order valence-electron chi connectivity index (χ2n) is 6.07. The number of aliphatic hydroxyl groups excluding tert-OH is 1. The molecule has 19 heavy (non-hydrogen) atoms. The number of aliphatic hydroxyl groups is 1. The summed E-state index contributed by atoms with van der Waals surface area (Å²) in [6.45, 7) is 4.04. The van der Waals surface area contributed by atoms with Crippen molar-refractivity contribution < 1.29 is 9.52 Å². The zero-order valence-electron chi connectivity index (χ0n) is 12.2. The Labute approximate surface area is 116 Å². The first-order valence-electron chi connectivity index (χ1n) is 7.58. The molecule has 0 aliphatic heterocycles. The van der Waals surface area contributed by atoms with E-state index in [0.29, 0.717) is 5.92 Å². The fourth-order valence-corrected chi connectivity index (χ4v) is 3.35. The minimum absolute atomic E-state index is 0.118. The molecule has 1 aromatic rings. The minimum atomic E-state index is -0.118. The van der Waals surface area contributed by atoms with Crippen molar-refractivity contribution in [3.63, 3.8) is 0 Å². The number of hydrogen-bond donors (Lipinski definition) is 1. The van der Waals surface area contributed by atoms with Crippen molar-refractivity contribution in [1.82, 2.24) is 4.90 Å². The molecule has 0 saturated heterocycles. The maximum Gasteiger partial charge on any atom is 0.117 e. The lowest BCUT2D eigenvalue weighted by molar-refractivity contribution is 0.0279. The summed E-state index contributed by atoms with van der Waals surface area (Å²) >= 11 is 0. The number of furan rings is 1. The van der Waals surface area contributed by atoms with Gasteiger partial charge in [0.1, 0.15) is 5.76 Å². The van der Waals surface area contributed by atoms with Crippen LogP contribution in [-0.4, -0.2) is 29.7 Å². The van der Waals surface area contributed by atoms with Crippen LogP contribution in [0.1, 0.15) is 44.8 Å². The highest BCUT2D eigenvalue weighted by Crippen LogP contribution is 2.32. The van der Waals surface area contributed by atoms with Crippen LogP contribution in [0.15, 0.2) is 22.8 Å². The molecule has 1 aliphatic carbocycles. The van der Waals surface area contributed by atoms with Gasteiger partial charge in [0.05, 0.1) is 18.9 Å². The van der Waals surface area contributed by atoms with Gasteiger partial charge in [-0.25, -0.2) is 0 Å². The summed E-state index contributed by atoms with van der Waals surface area (Å²) in [6, 6.07) is 3.93. The maximum atomic E-state index is 10.2. The summed E-state index contributed by atoms with van der Waals surface area (Å²) in [4.78, 5) is 2.26. The summed E-state index contributed by atoms with van der Waals surface area (Å²) in [7, 11) is 2.11. The van der Waals surface area contributed by atoms with Gasteiger partial charge in [-0.2, -0.15) is 0 Å². The maximum absolute atomic E-state index is 10.2. The molecule has 0 amide bonds. The smallest absolute Gasteiger partial charge is 0.117 e. The molecule has 3 unspecified atom stereocenters. The zero-order valence-corrected chi connectivity index (χ0v) is 12.2. The molecule has 108 valence electrons. The third-order valence-electron chi connectivity index (χ3n) is 4.30.